The van der Waals surface area contributed by atoms with Gasteiger partial charge in [0.2, 0.25) is 5.91 Å². The Bertz CT molecular complexity index is 1470. The van der Waals surface area contributed by atoms with Crippen molar-refractivity contribution in [1.29, 1.82) is 5.41 Å². The zero-order valence-electron chi connectivity index (χ0n) is 23.4. The molecule has 1 amide bonds. The second kappa shape index (κ2) is 9.95. The maximum absolute atomic E-state index is 12.0. The van der Waals surface area contributed by atoms with Gasteiger partial charge in [-0.1, -0.05) is 18.2 Å². The Morgan fingerprint density at radius 3 is 2.54 bits per heavy atom. The molecule has 1 spiro atoms. The number of anilines is 1. The fourth-order valence-corrected chi connectivity index (χ4v) is 6.46. The van der Waals surface area contributed by atoms with Crippen LogP contribution in [0, 0.1) is 31.6 Å². The SMILES string of the molecule is C=CC(=O)N1CC2(CC(n3nc(-c4cc(C)nn4CCN(C)C)c(-c4c(Cl)c(C)cc(N)c4C=N)c3C)C2)C1. The number of benzene rings is 1. The van der Waals surface area contributed by atoms with Crippen LogP contribution in [0.5, 0.6) is 0 Å². The van der Waals surface area contributed by atoms with E-state index in [1.165, 1.54) is 12.3 Å². The number of carbonyl (C=O) groups is 1. The fraction of sp³-hybridized carbons (Fsp3) is 0.448. The van der Waals surface area contributed by atoms with Crippen LogP contribution in [0.2, 0.25) is 5.02 Å². The number of nitrogens with two attached hydrogens (primary N) is 1. The van der Waals surface area contributed by atoms with Crippen LogP contribution in [0.1, 0.15) is 41.4 Å². The van der Waals surface area contributed by atoms with Gasteiger partial charge in [-0.2, -0.15) is 10.2 Å². The minimum absolute atomic E-state index is 0.00359. The highest BCUT2D eigenvalue weighted by Gasteiger charge is 2.54. The molecule has 2 aliphatic rings. The predicted octanol–water partition coefficient (Wildman–Crippen LogP) is 4.48. The summed E-state index contributed by atoms with van der Waals surface area (Å²) in [5.41, 5.74) is 13.7. The quantitative estimate of drug-likeness (QED) is 0.245. The average Bonchev–Trinajstić information content (AvgIpc) is 3.37. The van der Waals surface area contributed by atoms with Crippen molar-refractivity contribution < 1.29 is 4.79 Å². The first-order valence-corrected chi connectivity index (χ1v) is 13.7. The lowest BCUT2D eigenvalue weighted by Crippen LogP contribution is -2.63. The molecule has 5 rings (SSSR count). The van der Waals surface area contributed by atoms with Crippen LogP contribution in [-0.4, -0.2) is 75.2 Å². The number of nitrogen functional groups attached to an aromatic ring is 1. The summed E-state index contributed by atoms with van der Waals surface area (Å²) in [7, 11) is 4.09. The van der Waals surface area contributed by atoms with Gasteiger partial charge in [0.1, 0.15) is 5.69 Å². The van der Waals surface area contributed by atoms with Gasteiger partial charge in [0.25, 0.3) is 0 Å². The van der Waals surface area contributed by atoms with Crippen molar-refractivity contribution in [2.24, 2.45) is 5.41 Å². The molecule has 1 aromatic carbocycles. The van der Waals surface area contributed by atoms with E-state index >= 15 is 0 Å². The number of amides is 1. The number of hydrogen-bond donors (Lipinski definition) is 2. The summed E-state index contributed by atoms with van der Waals surface area (Å²) in [6.45, 7) is 12.7. The van der Waals surface area contributed by atoms with Gasteiger partial charge in [-0.15, -0.1) is 0 Å². The third kappa shape index (κ3) is 4.57. The summed E-state index contributed by atoms with van der Waals surface area (Å²) in [5.74, 6) is -0.00359. The molecule has 3 N–H and O–H groups in total. The van der Waals surface area contributed by atoms with Crippen LogP contribution in [0.25, 0.3) is 22.5 Å². The number of halogens is 1. The number of rotatable bonds is 8. The lowest BCUT2D eigenvalue weighted by Gasteiger charge is -2.58. The van der Waals surface area contributed by atoms with Crippen molar-refractivity contribution in [1.82, 2.24) is 29.4 Å². The summed E-state index contributed by atoms with van der Waals surface area (Å²) in [4.78, 5) is 16.0. The Kier molecular flexibility index (Phi) is 6.93. The van der Waals surface area contributed by atoms with E-state index in [2.05, 4.69) is 29.2 Å². The lowest BCUT2D eigenvalue weighted by molar-refractivity contribution is -0.149. The second-order valence-electron chi connectivity index (χ2n) is 11.4. The second-order valence-corrected chi connectivity index (χ2v) is 11.8. The van der Waals surface area contributed by atoms with E-state index in [1.54, 1.807) is 0 Å². The van der Waals surface area contributed by atoms with Crippen LogP contribution in [-0.2, 0) is 11.3 Å². The van der Waals surface area contributed by atoms with Crippen LogP contribution in [0.15, 0.2) is 24.8 Å². The minimum Gasteiger partial charge on any atom is -0.398 e. The molecule has 0 radical (unpaired) electrons. The maximum atomic E-state index is 12.0. The Morgan fingerprint density at radius 1 is 1.23 bits per heavy atom. The lowest BCUT2D eigenvalue weighted by atomic mass is 9.60. The number of carbonyl (C=O) groups excluding carboxylic acids is 1. The van der Waals surface area contributed by atoms with Crippen molar-refractivity contribution in [2.45, 2.75) is 46.2 Å². The van der Waals surface area contributed by atoms with E-state index in [9.17, 15) is 4.79 Å². The summed E-state index contributed by atoms with van der Waals surface area (Å²) in [5, 5.41) is 18.8. The van der Waals surface area contributed by atoms with Crippen molar-refractivity contribution in [2.75, 3.05) is 39.5 Å². The van der Waals surface area contributed by atoms with Gasteiger partial charge in [0, 0.05) is 59.3 Å². The number of nitrogens with one attached hydrogen (secondary N) is 1. The summed E-state index contributed by atoms with van der Waals surface area (Å²) < 4.78 is 4.13. The third-order valence-electron chi connectivity index (χ3n) is 8.19. The van der Waals surface area contributed by atoms with Gasteiger partial charge in [0.15, 0.2) is 0 Å². The van der Waals surface area contributed by atoms with Gasteiger partial charge in [-0.25, -0.2) is 0 Å². The highest BCUT2D eigenvalue weighted by Crippen LogP contribution is 2.55. The minimum atomic E-state index is -0.00359. The van der Waals surface area contributed by atoms with E-state index in [0.29, 0.717) is 22.8 Å². The molecule has 39 heavy (non-hydrogen) atoms. The van der Waals surface area contributed by atoms with E-state index in [-0.39, 0.29) is 17.4 Å². The smallest absolute Gasteiger partial charge is 0.245 e. The molecule has 2 fully saturated rings. The highest BCUT2D eigenvalue weighted by molar-refractivity contribution is 6.35. The first kappa shape index (κ1) is 27.1. The van der Waals surface area contributed by atoms with Crippen LogP contribution < -0.4 is 5.73 Å². The van der Waals surface area contributed by atoms with E-state index < -0.39 is 0 Å². The maximum Gasteiger partial charge on any atom is 0.245 e. The molecular weight excluding hydrogens is 512 g/mol. The monoisotopic (exact) mass is 548 g/mol. The van der Waals surface area contributed by atoms with Gasteiger partial charge in [0.05, 0.1) is 29.0 Å². The van der Waals surface area contributed by atoms with E-state index in [4.69, 9.17) is 32.9 Å². The Labute approximate surface area is 234 Å². The number of likely N-dealkylation sites (tertiary alicyclic amines) is 1. The molecule has 1 saturated heterocycles. The van der Waals surface area contributed by atoms with Gasteiger partial charge in [-0.3, -0.25) is 14.2 Å². The van der Waals surface area contributed by atoms with Crippen molar-refractivity contribution in [3.8, 4) is 22.5 Å². The van der Waals surface area contributed by atoms with Crippen molar-refractivity contribution in [3.63, 3.8) is 0 Å². The normalized spacial score (nSPS) is 16.4. The Balaban J connectivity index is 1.62. The molecule has 1 aliphatic heterocycles. The number of hydrogen-bond acceptors (Lipinski definition) is 6. The molecule has 1 saturated carbocycles. The van der Waals surface area contributed by atoms with E-state index in [0.717, 1.165) is 71.9 Å². The molecule has 3 aromatic rings. The zero-order valence-corrected chi connectivity index (χ0v) is 24.1. The van der Waals surface area contributed by atoms with Crippen molar-refractivity contribution >= 4 is 29.4 Å². The standard InChI is InChI=1S/C29H37ClN8O/c1-7-24(39)36-15-29(16-36)12-20(13-29)38-19(4)25(26-21(14-31)22(32)10-17(2)27(26)30)28(34-38)23-11-18(3)33-37(23)9-8-35(5)6/h7,10-11,14,20,31H,1,8-9,12-13,15-16,32H2,2-6H3. The number of likely N-dealkylation sites (N-methyl/N-ethyl adjacent to an activating group) is 1. The van der Waals surface area contributed by atoms with E-state index in [1.807, 2.05) is 43.6 Å². The summed E-state index contributed by atoms with van der Waals surface area (Å²) >= 11 is 6.97. The molecule has 0 unspecified atom stereocenters. The molecular formula is C29H37ClN8O. The molecule has 3 heterocycles. The van der Waals surface area contributed by atoms with Crippen molar-refractivity contribution in [3.05, 3.63) is 52.3 Å². The highest BCUT2D eigenvalue weighted by atomic mass is 35.5. The van der Waals surface area contributed by atoms with Gasteiger partial charge in [-0.05, 0) is 71.5 Å². The molecule has 206 valence electrons. The summed E-state index contributed by atoms with van der Waals surface area (Å²) in [6, 6.07) is 4.09. The zero-order chi connectivity index (χ0) is 28.2. The molecule has 2 aromatic heterocycles. The van der Waals surface area contributed by atoms with Crippen LogP contribution in [0.4, 0.5) is 5.69 Å². The molecule has 0 atom stereocenters. The third-order valence-corrected chi connectivity index (χ3v) is 8.68. The first-order chi connectivity index (χ1) is 18.5. The first-order valence-electron chi connectivity index (χ1n) is 13.3. The number of nitrogens with zero attached hydrogens (tertiary/aromatic N) is 6. The largest absolute Gasteiger partial charge is 0.398 e. The van der Waals surface area contributed by atoms with Gasteiger partial charge >= 0.3 is 0 Å². The number of aryl methyl sites for hydroxylation is 2. The number of aromatic nitrogens is 4. The molecule has 1 aliphatic carbocycles. The van der Waals surface area contributed by atoms with Crippen LogP contribution in [0.3, 0.4) is 0 Å². The molecule has 9 nitrogen and oxygen atoms in total. The Morgan fingerprint density at radius 2 is 1.92 bits per heavy atom. The average molecular weight is 549 g/mol. The summed E-state index contributed by atoms with van der Waals surface area (Å²) in [6.07, 6.45) is 4.58. The van der Waals surface area contributed by atoms with Crippen LogP contribution >= 0.6 is 11.6 Å². The van der Waals surface area contributed by atoms with Gasteiger partial charge < -0.3 is 20.9 Å². The molecule has 0 bridgehead atoms. The Hall–Kier alpha value is -3.43. The topological polar surface area (TPSA) is 109 Å². The fourth-order valence-electron chi connectivity index (χ4n) is 6.21. The predicted molar refractivity (Wildman–Crippen MR) is 156 cm³/mol. The molecule has 10 heteroatoms.